The van der Waals surface area contributed by atoms with Crippen LogP contribution in [0.25, 0.3) is 0 Å². The van der Waals surface area contributed by atoms with Crippen LogP contribution >= 0.6 is 11.6 Å². The second-order valence-electron chi connectivity index (χ2n) is 8.55. The molecule has 2 aromatic rings. The summed E-state index contributed by atoms with van der Waals surface area (Å²) in [6.45, 7) is 3.86. The number of rotatable bonds is 1. The van der Waals surface area contributed by atoms with E-state index in [0.717, 1.165) is 12.1 Å². The van der Waals surface area contributed by atoms with E-state index in [4.69, 9.17) is 11.6 Å². The van der Waals surface area contributed by atoms with Gasteiger partial charge in [0.15, 0.2) is 0 Å². The van der Waals surface area contributed by atoms with E-state index >= 15 is 0 Å². The van der Waals surface area contributed by atoms with Crippen molar-refractivity contribution in [2.75, 3.05) is 5.32 Å². The molecule has 0 amide bonds. The van der Waals surface area contributed by atoms with E-state index < -0.39 is 29.5 Å². The van der Waals surface area contributed by atoms with Crippen LogP contribution in [0.3, 0.4) is 0 Å². The average Bonchev–Trinajstić information content (AvgIpc) is 2.75. The highest BCUT2D eigenvalue weighted by Gasteiger charge is 2.45. The third-order valence-electron chi connectivity index (χ3n) is 5.56. The number of fused-ring (bicyclic) bond motifs is 2. The molecule has 1 N–H and O–H groups in total. The minimum atomic E-state index is -4.55. The summed E-state index contributed by atoms with van der Waals surface area (Å²) in [6, 6.07) is 6.34. The third kappa shape index (κ3) is 3.71. The van der Waals surface area contributed by atoms with Gasteiger partial charge in [0, 0.05) is 22.7 Å². The Morgan fingerprint density at radius 3 is 2.57 bits per heavy atom. The van der Waals surface area contributed by atoms with E-state index in [1.54, 1.807) is 0 Å². The number of benzene rings is 2. The van der Waals surface area contributed by atoms with Gasteiger partial charge >= 0.3 is 6.18 Å². The van der Waals surface area contributed by atoms with E-state index in [1.165, 1.54) is 24.3 Å². The fourth-order valence-corrected chi connectivity index (χ4v) is 4.58. The molecule has 3 nitrogen and oxygen atoms in total. The normalized spacial score (nSPS) is 23.0. The van der Waals surface area contributed by atoms with Gasteiger partial charge in [-0.15, -0.1) is 0 Å². The van der Waals surface area contributed by atoms with Gasteiger partial charge in [-0.05, 0) is 42.2 Å². The van der Waals surface area contributed by atoms with Gasteiger partial charge in [0.2, 0.25) is 0 Å². The number of anilines is 1. The Morgan fingerprint density at radius 2 is 1.90 bits per heavy atom. The largest absolute Gasteiger partial charge is 0.416 e. The Bertz CT molecular complexity index is 1040. The van der Waals surface area contributed by atoms with Crippen molar-refractivity contribution in [3.8, 4) is 0 Å². The summed E-state index contributed by atoms with van der Waals surface area (Å²) in [5.74, 6) is -1.60. The number of alkyl halides is 3. The molecule has 1 fully saturated rings. The number of Topliss-reactive ketones (excluding diaryl/α,β-unsaturated/α-hetero) is 1. The Hall–Kier alpha value is -2.41. The standard InChI is InChI=1S/C22H19ClF4N2O/c1-21(2)9-16-19(17(30)10-21)20(18-12(23)4-3-5-13(18)24)29-15-8-11(22(25,26)27)6-7-14(15)28-16/h3-8,19-20,29H,9-10H2,1-2H3. The number of carbonyl (C=O) groups is 1. The smallest absolute Gasteiger partial charge is 0.375 e. The van der Waals surface area contributed by atoms with E-state index in [1.807, 2.05) is 13.8 Å². The van der Waals surface area contributed by atoms with Gasteiger partial charge in [-0.25, -0.2) is 4.39 Å². The second-order valence-corrected chi connectivity index (χ2v) is 8.96. The highest BCUT2D eigenvalue weighted by molar-refractivity contribution is 6.31. The van der Waals surface area contributed by atoms with Crippen LogP contribution in [0.2, 0.25) is 5.02 Å². The molecular weight excluding hydrogens is 420 g/mol. The lowest BCUT2D eigenvalue weighted by atomic mass is 9.68. The van der Waals surface area contributed by atoms with E-state index in [0.29, 0.717) is 12.1 Å². The van der Waals surface area contributed by atoms with Gasteiger partial charge in [-0.2, -0.15) is 13.2 Å². The van der Waals surface area contributed by atoms with Crippen LogP contribution in [0.5, 0.6) is 0 Å². The molecule has 0 saturated heterocycles. The molecule has 0 aromatic heterocycles. The van der Waals surface area contributed by atoms with Crippen molar-refractivity contribution in [1.82, 2.24) is 0 Å². The van der Waals surface area contributed by atoms with Gasteiger partial charge in [0.1, 0.15) is 11.6 Å². The summed E-state index contributed by atoms with van der Waals surface area (Å²) in [6.07, 6.45) is -3.83. The lowest BCUT2D eigenvalue weighted by Crippen LogP contribution is -2.42. The zero-order valence-electron chi connectivity index (χ0n) is 16.3. The lowest BCUT2D eigenvalue weighted by molar-refractivity contribution is -0.137. The molecule has 8 heteroatoms. The van der Waals surface area contributed by atoms with Gasteiger partial charge in [-0.1, -0.05) is 31.5 Å². The molecule has 2 aromatic carbocycles. The first-order valence-corrected chi connectivity index (χ1v) is 9.86. The first kappa shape index (κ1) is 20.8. The molecule has 1 aliphatic carbocycles. The molecule has 2 aliphatic rings. The number of ketones is 1. The third-order valence-corrected chi connectivity index (χ3v) is 5.89. The number of nitrogens with zero attached hydrogens (tertiary/aromatic N) is 1. The van der Waals surface area contributed by atoms with Crippen LogP contribution in [0.1, 0.15) is 43.9 Å². The highest BCUT2D eigenvalue weighted by Crippen LogP contribution is 2.47. The monoisotopic (exact) mass is 438 g/mol. The fourth-order valence-electron chi connectivity index (χ4n) is 4.30. The van der Waals surface area contributed by atoms with Crippen molar-refractivity contribution < 1.29 is 22.4 Å². The minimum Gasteiger partial charge on any atom is -0.375 e. The highest BCUT2D eigenvalue weighted by atomic mass is 35.5. The van der Waals surface area contributed by atoms with Crippen LogP contribution in [0, 0.1) is 17.2 Å². The first-order chi connectivity index (χ1) is 14.0. The van der Waals surface area contributed by atoms with Gasteiger partial charge < -0.3 is 5.32 Å². The van der Waals surface area contributed by atoms with Crippen molar-refractivity contribution in [2.24, 2.45) is 16.3 Å². The van der Waals surface area contributed by atoms with Crippen molar-refractivity contribution in [3.05, 3.63) is 58.4 Å². The predicted molar refractivity (Wildman–Crippen MR) is 108 cm³/mol. The number of hydrogen-bond acceptors (Lipinski definition) is 3. The average molecular weight is 439 g/mol. The predicted octanol–water partition coefficient (Wildman–Crippen LogP) is 6.74. The Kier molecular flexibility index (Phi) is 4.92. The Balaban J connectivity index is 1.93. The van der Waals surface area contributed by atoms with Gasteiger partial charge in [0.05, 0.1) is 28.9 Å². The molecule has 0 bridgehead atoms. The SMILES string of the molecule is CC1(C)CC(=O)C2C(=Nc3ccc(C(F)(F)F)cc3NC2c2c(F)cccc2Cl)C1. The van der Waals surface area contributed by atoms with E-state index in [-0.39, 0.29) is 39.6 Å². The lowest BCUT2D eigenvalue weighted by Gasteiger charge is -2.37. The zero-order chi connectivity index (χ0) is 21.8. The molecule has 1 saturated carbocycles. The summed E-state index contributed by atoms with van der Waals surface area (Å²) < 4.78 is 54.6. The van der Waals surface area contributed by atoms with Crippen molar-refractivity contribution in [1.29, 1.82) is 0 Å². The maximum Gasteiger partial charge on any atom is 0.416 e. The number of hydrogen-bond donors (Lipinski definition) is 1. The zero-order valence-corrected chi connectivity index (χ0v) is 17.0. The summed E-state index contributed by atoms with van der Waals surface area (Å²) in [5.41, 5.74) is -0.275. The molecule has 1 heterocycles. The summed E-state index contributed by atoms with van der Waals surface area (Å²) in [7, 11) is 0. The quantitative estimate of drug-likeness (QED) is 0.501. The molecule has 0 spiro atoms. The summed E-state index contributed by atoms with van der Waals surface area (Å²) in [5, 5.41) is 3.06. The number of aliphatic imine (C=N–C) groups is 1. The van der Waals surface area contributed by atoms with Crippen LogP contribution < -0.4 is 5.32 Å². The van der Waals surface area contributed by atoms with Gasteiger partial charge in [0.25, 0.3) is 0 Å². The second kappa shape index (κ2) is 7.08. The number of nitrogens with one attached hydrogen (secondary N) is 1. The molecule has 2 atom stereocenters. The van der Waals surface area contributed by atoms with Crippen molar-refractivity contribution >= 4 is 34.5 Å². The van der Waals surface area contributed by atoms with Crippen LogP contribution in [-0.2, 0) is 11.0 Å². The molecule has 4 rings (SSSR count). The van der Waals surface area contributed by atoms with Crippen LogP contribution in [-0.4, -0.2) is 11.5 Å². The fraction of sp³-hybridized carbons (Fsp3) is 0.364. The van der Waals surface area contributed by atoms with Gasteiger partial charge in [-0.3, -0.25) is 9.79 Å². The minimum absolute atomic E-state index is 0.0511. The molecular formula is C22H19ClF4N2O. The topological polar surface area (TPSA) is 41.5 Å². The molecule has 158 valence electrons. The molecule has 30 heavy (non-hydrogen) atoms. The molecule has 0 radical (unpaired) electrons. The summed E-state index contributed by atoms with van der Waals surface area (Å²) >= 11 is 6.27. The maximum absolute atomic E-state index is 14.8. The van der Waals surface area contributed by atoms with Crippen molar-refractivity contribution in [3.63, 3.8) is 0 Å². The van der Waals surface area contributed by atoms with E-state index in [2.05, 4.69) is 10.3 Å². The number of halogens is 5. The van der Waals surface area contributed by atoms with Crippen molar-refractivity contribution in [2.45, 2.75) is 38.9 Å². The summed E-state index contributed by atoms with van der Waals surface area (Å²) in [4.78, 5) is 17.7. The van der Waals surface area contributed by atoms with Crippen LogP contribution in [0.4, 0.5) is 28.9 Å². The van der Waals surface area contributed by atoms with Crippen LogP contribution in [0.15, 0.2) is 41.4 Å². The Morgan fingerprint density at radius 1 is 1.17 bits per heavy atom. The maximum atomic E-state index is 14.8. The Labute approximate surface area is 176 Å². The van der Waals surface area contributed by atoms with E-state index in [9.17, 15) is 22.4 Å². The molecule has 2 unspecified atom stereocenters. The first-order valence-electron chi connectivity index (χ1n) is 9.48. The number of carbonyl (C=O) groups excluding carboxylic acids is 1. The molecule has 1 aliphatic heterocycles.